The molecule has 14 heavy (non-hydrogen) atoms. The number of ether oxygens (including phenoxy) is 2. The first kappa shape index (κ1) is 9.02. The molecule has 0 saturated carbocycles. The molecule has 1 aliphatic heterocycles. The number of hydrogen-bond donors (Lipinski definition) is 1. The number of fused-ring (bicyclic) bond motifs is 1. The molecule has 1 aliphatic rings. The Balaban J connectivity index is 2.44. The Kier molecular flexibility index (Phi) is 2.13. The largest absolute Gasteiger partial charge is 0.454 e. The average Bonchev–Trinajstić information content (AvgIpc) is 2.63. The summed E-state index contributed by atoms with van der Waals surface area (Å²) < 4.78 is 10.4. The van der Waals surface area contributed by atoms with Crippen molar-refractivity contribution in [2.24, 2.45) is 5.73 Å². The Bertz CT molecular complexity index is 374. The predicted octanol–water partition coefficient (Wildman–Crippen LogP) is 0.945. The zero-order valence-corrected chi connectivity index (χ0v) is 7.82. The van der Waals surface area contributed by atoms with Crippen molar-refractivity contribution < 1.29 is 14.3 Å². The molecule has 0 spiro atoms. The molecule has 0 radical (unpaired) electrons. The summed E-state index contributed by atoms with van der Waals surface area (Å²) in [4.78, 5) is 11.6. The third kappa shape index (κ3) is 1.33. The Morgan fingerprint density at radius 2 is 2.29 bits per heavy atom. The minimum Gasteiger partial charge on any atom is -0.454 e. The molecule has 4 nitrogen and oxygen atoms in total. The van der Waals surface area contributed by atoms with E-state index in [1.807, 2.05) is 0 Å². The lowest BCUT2D eigenvalue weighted by Gasteiger charge is -2.06. The molecule has 74 valence electrons. The zero-order valence-electron chi connectivity index (χ0n) is 7.82. The number of benzene rings is 1. The second-order valence-electron chi connectivity index (χ2n) is 3.19. The number of nitrogens with two attached hydrogens (primary N) is 1. The third-order valence-electron chi connectivity index (χ3n) is 2.08. The van der Waals surface area contributed by atoms with Gasteiger partial charge in [0.15, 0.2) is 17.3 Å². The van der Waals surface area contributed by atoms with Crippen molar-refractivity contribution in [3.05, 3.63) is 23.8 Å². The van der Waals surface area contributed by atoms with Crippen LogP contribution >= 0.6 is 0 Å². The molecular weight excluding hydrogens is 182 g/mol. The molecule has 1 unspecified atom stereocenters. The van der Waals surface area contributed by atoms with Crippen LogP contribution in [0.25, 0.3) is 0 Å². The van der Waals surface area contributed by atoms with Gasteiger partial charge in [-0.15, -0.1) is 0 Å². The molecule has 0 bridgehead atoms. The van der Waals surface area contributed by atoms with Crippen molar-refractivity contribution in [1.82, 2.24) is 0 Å². The predicted molar refractivity (Wildman–Crippen MR) is 50.5 cm³/mol. The number of ketones is 1. The minimum atomic E-state index is -0.523. The van der Waals surface area contributed by atoms with Crippen LogP contribution in [-0.4, -0.2) is 18.6 Å². The molecule has 0 aliphatic carbocycles. The molecule has 0 aromatic heterocycles. The van der Waals surface area contributed by atoms with Crippen molar-refractivity contribution in [2.45, 2.75) is 13.0 Å². The lowest BCUT2D eigenvalue weighted by molar-refractivity contribution is 0.0963. The van der Waals surface area contributed by atoms with Gasteiger partial charge in [-0.25, -0.2) is 0 Å². The van der Waals surface area contributed by atoms with Gasteiger partial charge in [0.2, 0.25) is 6.79 Å². The van der Waals surface area contributed by atoms with Crippen molar-refractivity contribution >= 4 is 5.78 Å². The zero-order chi connectivity index (χ0) is 10.1. The second kappa shape index (κ2) is 3.31. The van der Waals surface area contributed by atoms with E-state index in [-0.39, 0.29) is 12.6 Å². The Labute approximate surface area is 81.6 Å². The quantitative estimate of drug-likeness (QED) is 0.710. The van der Waals surface area contributed by atoms with E-state index >= 15 is 0 Å². The van der Waals surface area contributed by atoms with Crippen LogP contribution in [0.3, 0.4) is 0 Å². The Morgan fingerprint density at radius 3 is 3.00 bits per heavy atom. The summed E-state index contributed by atoms with van der Waals surface area (Å²) in [6.45, 7) is 1.82. The second-order valence-corrected chi connectivity index (χ2v) is 3.19. The van der Waals surface area contributed by atoms with Crippen LogP contribution in [0.1, 0.15) is 17.3 Å². The molecule has 1 heterocycles. The van der Waals surface area contributed by atoms with Crippen LogP contribution in [0.15, 0.2) is 18.2 Å². The molecular formula is C10H11NO3. The molecule has 1 atom stereocenters. The van der Waals surface area contributed by atoms with E-state index in [0.29, 0.717) is 17.1 Å². The number of rotatable bonds is 2. The minimum absolute atomic E-state index is 0.132. The van der Waals surface area contributed by atoms with Crippen LogP contribution in [0.2, 0.25) is 0 Å². The molecule has 4 heteroatoms. The fourth-order valence-corrected chi connectivity index (χ4v) is 1.37. The maximum atomic E-state index is 11.6. The maximum Gasteiger partial charge on any atom is 0.231 e. The summed E-state index contributed by atoms with van der Waals surface area (Å²) in [7, 11) is 0. The maximum absolute atomic E-state index is 11.6. The van der Waals surface area contributed by atoms with Crippen LogP contribution in [-0.2, 0) is 0 Å². The first-order chi connectivity index (χ1) is 6.70. The first-order valence-electron chi connectivity index (χ1n) is 4.38. The van der Waals surface area contributed by atoms with Crippen LogP contribution < -0.4 is 15.2 Å². The van der Waals surface area contributed by atoms with Crippen LogP contribution in [0, 0.1) is 0 Å². The number of para-hydroxylation sites is 1. The number of carbonyl (C=O) groups excluding carboxylic acids is 1. The normalized spacial score (nSPS) is 15.3. The molecule has 0 fully saturated rings. The average molecular weight is 193 g/mol. The number of carbonyl (C=O) groups is 1. The summed E-state index contributed by atoms with van der Waals surface area (Å²) in [6.07, 6.45) is 0. The SMILES string of the molecule is CC(N)C(=O)c1cccc2c1OCO2. The summed E-state index contributed by atoms with van der Waals surface area (Å²) >= 11 is 0. The number of hydrogen-bond acceptors (Lipinski definition) is 4. The third-order valence-corrected chi connectivity index (χ3v) is 2.08. The van der Waals surface area contributed by atoms with Crippen molar-refractivity contribution in [3.63, 3.8) is 0 Å². The highest BCUT2D eigenvalue weighted by atomic mass is 16.7. The standard InChI is InChI=1S/C10H11NO3/c1-6(11)9(12)7-3-2-4-8-10(7)14-5-13-8/h2-4,6H,5,11H2,1H3. The lowest BCUT2D eigenvalue weighted by atomic mass is 10.0. The van der Waals surface area contributed by atoms with Crippen molar-refractivity contribution in [2.75, 3.05) is 6.79 Å². The fourth-order valence-electron chi connectivity index (χ4n) is 1.37. The van der Waals surface area contributed by atoms with Gasteiger partial charge in [0, 0.05) is 0 Å². The highest BCUT2D eigenvalue weighted by Crippen LogP contribution is 2.35. The van der Waals surface area contributed by atoms with Gasteiger partial charge in [-0.05, 0) is 19.1 Å². The summed E-state index contributed by atoms with van der Waals surface area (Å²) in [5.41, 5.74) is 6.01. The highest BCUT2D eigenvalue weighted by Gasteiger charge is 2.23. The van der Waals surface area contributed by atoms with Gasteiger partial charge in [0.05, 0.1) is 11.6 Å². The first-order valence-corrected chi connectivity index (χ1v) is 4.38. The smallest absolute Gasteiger partial charge is 0.231 e. The van der Waals surface area contributed by atoms with Gasteiger partial charge in [-0.1, -0.05) is 6.07 Å². The molecule has 1 aromatic rings. The van der Waals surface area contributed by atoms with Gasteiger partial charge < -0.3 is 15.2 Å². The van der Waals surface area contributed by atoms with Gasteiger partial charge >= 0.3 is 0 Å². The van der Waals surface area contributed by atoms with E-state index in [4.69, 9.17) is 15.2 Å². The van der Waals surface area contributed by atoms with E-state index in [2.05, 4.69) is 0 Å². The van der Waals surface area contributed by atoms with Crippen molar-refractivity contribution in [3.8, 4) is 11.5 Å². The lowest BCUT2D eigenvalue weighted by Crippen LogP contribution is -2.26. The monoisotopic (exact) mass is 193 g/mol. The number of Topliss-reactive ketones (excluding diaryl/α,β-unsaturated/α-hetero) is 1. The van der Waals surface area contributed by atoms with Gasteiger partial charge in [0.25, 0.3) is 0 Å². The summed E-state index contributed by atoms with van der Waals surface area (Å²) in [5.74, 6) is 0.985. The van der Waals surface area contributed by atoms with E-state index in [9.17, 15) is 4.79 Å². The van der Waals surface area contributed by atoms with Gasteiger partial charge in [-0.2, -0.15) is 0 Å². The molecule has 2 N–H and O–H groups in total. The van der Waals surface area contributed by atoms with Crippen molar-refractivity contribution in [1.29, 1.82) is 0 Å². The van der Waals surface area contributed by atoms with E-state index < -0.39 is 6.04 Å². The molecule has 0 saturated heterocycles. The Hall–Kier alpha value is -1.55. The van der Waals surface area contributed by atoms with E-state index in [1.54, 1.807) is 25.1 Å². The summed E-state index contributed by atoms with van der Waals surface area (Å²) in [5, 5.41) is 0. The summed E-state index contributed by atoms with van der Waals surface area (Å²) in [6, 6.07) is 4.69. The molecule has 1 aromatic carbocycles. The van der Waals surface area contributed by atoms with E-state index in [0.717, 1.165) is 0 Å². The Morgan fingerprint density at radius 1 is 1.50 bits per heavy atom. The van der Waals surface area contributed by atoms with Gasteiger partial charge in [0.1, 0.15) is 0 Å². The van der Waals surface area contributed by atoms with Crippen LogP contribution in [0.5, 0.6) is 11.5 Å². The fraction of sp³-hybridized carbons (Fsp3) is 0.300. The molecule has 2 rings (SSSR count). The van der Waals surface area contributed by atoms with Crippen LogP contribution in [0.4, 0.5) is 0 Å². The highest BCUT2D eigenvalue weighted by molar-refractivity contribution is 6.02. The topological polar surface area (TPSA) is 61.6 Å². The van der Waals surface area contributed by atoms with Gasteiger partial charge in [-0.3, -0.25) is 4.79 Å². The van der Waals surface area contributed by atoms with E-state index in [1.165, 1.54) is 0 Å². The molecule has 0 amide bonds.